The maximum absolute atomic E-state index is 12.3. The van der Waals surface area contributed by atoms with Gasteiger partial charge in [0.25, 0.3) is 0 Å². The topological polar surface area (TPSA) is 105 Å². The second-order valence-electron chi connectivity index (χ2n) is 5.81. The number of nitrogens with one attached hydrogen (secondary N) is 3. The van der Waals surface area contributed by atoms with Crippen LogP contribution >= 0.6 is 0 Å². The van der Waals surface area contributed by atoms with Crippen molar-refractivity contribution in [2.24, 2.45) is 0 Å². The molecule has 0 aliphatic heterocycles. The average molecular weight is 357 g/mol. The molecule has 26 heavy (non-hydrogen) atoms. The highest BCUT2D eigenvalue weighted by molar-refractivity contribution is 5.97. The molecular weight excluding hydrogens is 334 g/mol. The SMILES string of the molecule is CCCC(=O)NCC(=O)Nc1cccc(NC(=O)C(C)n2cccn2)c1. The lowest BCUT2D eigenvalue weighted by atomic mass is 10.2. The number of carbonyl (C=O) groups is 3. The number of aromatic nitrogens is 2. The van der Waals surface area contributed by atoms with E-state index in [4.69, 9.17) is 0 Å². The van der Waals surface area contributed by atoms with Crippen LogP contribution in [0.1, 0.15) is 32.7 Å². The molecule has 0 aliphatic rings. The van der Waals surface area contributed by atoms with Crippen molar-refractivity contribution >= 4 is 29.1 Å². The number of rotatable bonds is 8. The fourth-order valence-electron chi connectivity index (χ4n) is 2.25. The lowest BCUT2D eigenvalue weighted by Gasteiger charge is -2.13. The molecule has 2 aromatic rings. The second-order valence-corrected chi connectivity index (χ2v) is 5.81. The van der Waals surface area contributed by atoms with Gasteiger partial charge < -0.3 is 16.0 Å². The van der Waals surface area contributed by atoms with E-state index in [0.717, 1.165) is 6.42 Å². The van der Waals surface area contributed by atoms with Crippen LogP contribution in [0.2, 0.25) is 0 Å². The minimum atomic E-state index is -0.461. The van der Waals surface area contributed by atoms with Crippen molar-refractivity contribution in [3.8, 4) is 0 Å². The van der Waals surface area contributed by atoms with Crippen LogP contribution in [0, 0.1) is 0 Å². The molecular formula is C18H23N5O3. The summed E-state index contributed by atoms with van der Waals surface area (Å²) >= 11 is 0. The molecule has 8 heteroatoms. The highest BCUT2D eigenvalue weighted by Crippen LogP contribution is 2.16. The van der Waals surface area contributed by atoms with E-state index in [0.29, 0.717) is 17.8 Å². The van der Waals surface area contributed by atoms with Crippen LogP contribution < -0.4 is 16.0 Å². The van der Waals surface area contributed by atoms with Gasteiger partial charge in [0.15, 0.2) is 0 Å². The Morgan fingerprint density at radius 3 is 2.50 bits per heavy atom. The Morgan fingerprint density at radius 1 is 1.12 bits per heavy atom. The Kier molecular flexibility index (Phi) is 6.90. The maximum Gasteiger partial charge on any atom is 0.248 e. The van der Waals surface area contributed by atoms with Crippen molar-refractivity contribution in [3.63, 3.8) is 0 Å². The molecule has 0 saturated heterocycles. The molecule has 0 fully saturated rings. The summed E-state index contributed by atoms with van der Waals surface area (Å²) in [4.78, 5) is 35.6. The zero-order valence-electron chi connectivity index (χ0n) is 14.9. The molecule has 138 valence electrons. The number of benzene rings is 1. The van der Waals surface area contributed by atoms with Crippen LogP contribution in [0.5, 0.6) is 0 Å². The fourth-order valence-corrected chi connectivity index (χ4v) is 2.25. The Morgan fingerprint density at radius 2 is 1.85 bits per heavy atom. The smallest absolute Gasteiger partial charge is 0.248 e. The first kappa shape index (κ1) is 19.2. The molecule has 0 saturated carbocycles. The molecule has 1 heterocycles. The third-order valence-corrected chi connectivity index (χ3v) is 3.64. The molecule has 3 N–H and O–H groups in total. The van der Waals surface area contributed by atoms with Crippen LogP contribution in [0.25, 0.3) is 0 Å². The van der Waals surface area contributed by atoms with Crippen LogP contribution in [-0.4, -0.2) is 34.0 Å². The molecule has 0 radical (unpaired) electrons. The predicted molar refractivity (Wildman–Crippen MR) is 98.6 cm³/mol. The van der Waals surface area contributed by atoms with Crippen LogP contribution in [-0.2, 0) is 14.4 Å². The highest BCUT2D eigenvalue weighted by atomic mass is 16.2. The monoisotopic (exact) mass is 357 g/mol. The minimum Gasteiger partial charge on any atom is -0.347 e. The number of hydrogen-bond donors (Lipinski definition) is 3. The zero-order valence-corrected chi connectivity index (χ0v) is 14.9. The summed E-state index contributed by atoms with van der Waals surface area (Å²) < 4.78 is 1.56. The Balaban J connectivity index is 1.90. The van der Waals surface area contributed by atoms with Gasteiger partial charge in [-0.25, -0.2) is 0 Å². The lowest BCUT2D eigenvalue weighted by molar-refractivity contribution is -0.124. The van der Waals surface area contributed by atoms with Gasteiger partial charge in [-0.15, -0.1) is 0 Å². The van der Waals surface area contributed by atoms with E-state index < -0.39 is 6.04 Å². The minimum absolute atomic E-state index is 0.0915. The molecule has 8 nitrogen and oxygen atoms in total. The van der Waals surface area contributed by atoms with E-state index in [1.807, 2.05) is 6.92 Å². The van der Waals surface area contributed by atoms with Crippen molar-refractivity contribution in [3.05, 3.63) is 42.7 Å². The van der Waals surface area contributed by atoms with Gasteiger partial charge in [-0.05, 0) is 37.6 Å². The lowest BCUT2D eigenvalue weighted by Crippen LogP contribution is -2.32. The van der Waals surface area contributed by atoms with Gasteiger partial charge in [0.1, 0.15) is 6.04 Å². The summed E-state index contributed by atoms with van der Waals surface area (Å²) in [5.74, 6) is -0.705. The molecule has 3 amide bonds. The summed E-state index contributed by atoms with van der Waals surface area (Å²) in [5.41, 5.74) is 1.09. The summed E-state index contributed by atoms with van der Waals surface area (Å²) in [5, 5.41) is 12.1. The molecule has 2 rings (SSSR count). The standard InChI is InChI=1S/C18H23N5O3/c1-3-6-16(24)19-12-17(25)21-14-7-4-8-15(11-14)22-18(26)13(2)23-10-5-9-20-23/h4-5,7-11,13H,3,6,12H2,1-2H3,(H,19,24)(H,21,25)(H,22,26). The normalized spacial score (nSPS) is 11.5. The van der Waals surface area contributed by atoms with Gasteiger partial charge >= 0.3 is 0 Å². The molecule has 0 spiro atoms. The second kappa shape index (κ2) is 9.36. The maximum atomic E-state index is 12.3. The van der Waals surface area contributed by atoms with E-state index in [2.05, 4.69) is 21.0 Å². The Labute approximate surface area is 152 Å². The number of amides is 3. The van der Waals surface area contributed by atoms with Gasteiger partial charge in [-0.2, -0.15) is 5.10 Å². The van der Waals surface area contributed by atoms with Gasteiger partial charge in [-0.3, -0.25) is 19.1 Å². The number of carbonyl (C=O) groups excluding carboxylic acids is 3. The molecule has 1 unspecified atom stereocenters. The third-order valence-electron chi connectivity index (χ3n) is 3.64. The van der Waals surface area contributed by atoms with Crippen molar-refractivity contribution < 1.29 is 14.4 Å². The van der Waals surface area contributed by atoms with E-state index in [1.165, 1.54) is 0 Å². The van der Waals surface area contributed by atoms with Crippen molar-refractivity contribution in [1.82, 2.24) is 15.1 Å². The fraction of sp³-hybridized carbons (Fsp3) is 0.333. The number of hydrogen-bond acceptors (Lipinski definition) is 4. The van der Waals surface area contributed by atoms with Gasteiger partial charge in [0.2, 0.25) is 17.7 Å². The predicted octanol–water partition coefficient (Wildman–Crippen LogP) is 1.94. The summed E-state index contributed by atoms with van der Waals surface area (Å²) in [7, 11) is 0. The number of anilines is 2. The van der Waals surface area contributed by atoms with Gasteiger partial charge in [0.05, 0.1) is 6.54 Å². The van der Waals surface area contributed by atoms with Crippen molar-refractivity contribution in [2.45, 2.75) is 32.7 Å². The van der Waals surface area contributed by atoms with Crippen LogP contribution in [0.4, 0.5) is 11.4 Å². The van der Waals surface area contributed by atoms with Crippen molar-refractivity contribution in [2.75, 3.05) is 17.2 Å². The average Bonchev–Trinajstić information content (AvgIpc) is 3.14. The van der Waals surface area contributed by atoms with Crippen LogP contribution in [0.3, 0.4) is 0 Å². The van der Waals surface area contributed by atoms with E-state index in [1.54, 1.807) is 54.3 Å². The first-order valence-electron chi connectivity index (χ1n) is 8.46. The first-order chi connectivity index (χ1) is 12.5. The zero-order chi connectivity index (χ0) is 18.9. The molecule has 1 aromatic heterocycles. The highest BCUT2D eigenvalue weighted by Gasteiger charge is 2.15. The molecule has 0 aliphatic carbocycles. The summed E-state index contributed by atoms with van der Waals surface area (Å²) in [6.45, 7) is 3.55. The number of nitrogens with zero attached hydrogens (tertiary/aromatic N) is 2. The molecule has 0 bridgehead atoms. The van der Waals surface area contributed by atoms with E-state index in [-0.39, 0.29) is 24.3 Å². The van der Waals surface area contributed by atoms with E-state index >= 15 is 0 Å². The van der Waals surface area contributed by atoms with Gasteiger partial charge in [-0.1, -0.05) is 13.0 Å². The molecule has 1 aromatic carbocycles. The first-order valence-corrected chi connectivity index (χ1v) is 8.46. The van der Waals surface area contributed by atoms with Crippen molar-refractivity contribution in [1.29, 1.82) is 0 Å². The summed E-state index contributed by atoms with van der Waals surface area (Å²) in [6.07, 6.45) is 4.45. The molecule has 1 atom stereocenters. The van der Waals surface area contributed by atoms with Gasteiger partial charge in [0, 0.05) is 30.2 Å². The quantitative estimate of drug-likeness (QED) is 0.671. The van der Waals surface area contributed by atoms with E-state index in [9.17, 15) is 14.4 Å². The Bertz CT molecular complexity index is 758. The Hall–Kier alpha value is -3.16. The van der Waals surface area contributed by atoms with Crippen LogP contribution in [0.15, 0.2) is 42.7 Å². The summed E-state index contributed by atoms with van der Waals surface area (Å²) in [6, 6.07) is 8.10. The largest absolute Gasteiger partial charge is 0.347 e. The third kappa shape index (κ3) is 5.73.